The van der Waals surface area contributed by atoms with E-state index in [1.807, 2.05) is 78.9 Å². The van der Waals surface area contributed by atoms with Crippen LogP contribution < -0.4 is 0 Å². The molecule has 3 aromatic heterocycles. The van der Waals surface area contributed by atoms with Crippen LogP contribution in [0.15, 0.2) is 173 Å². The van der Waals surface area contributed by atoms with Crippen molar-refractivity contribution in [1.82, 2.24) is 15.0 Å². The molecule has 7 aromatic carbocycles. The first-order valence-corrected chi connectivity index (χ1v) is 16.6. The third-order valence-corrected chi connectivity index (χ3v) is 9.37. The monoisotopic (exact) mass is 641 g/mol. The van der Waals surface area contributed by atoms with Crippen LogP contribution >= 0.6 is 0 Å². The van der Waals surface area contributed by atoms with Crippen LogP contribution in [0.2, 0.25) is 0 Å². The van der Waals surface area contributed by atoms with Gasteiger partial charge in [-0.05, 0) is 34.9 Å². The highest BCUT2D eigenvalue weighted by Gasteiger charge is 2.21. The molecule has 0 fully saturated rings. The van der Waals surface area contributed by atoms with Gasteiger partial charge >= 0.3 is 0 Å². The Bertz CT molecular complexity index is 2850. The zero-order valence-electron chi connectivity index (χ0n) is 26.7. The van der Waals surface area contributed by atoms with Gasteiger partial charge in [-0.2, -0.15) is 0 Å². The molecule has 0 saturated heterocycles. The summed E-state index contributed by atoms with van der Waals surface area (Å²) in [6, 6.07) is 55.6. The molecule has 0 aliphatic heterocycles. The molecular formula is C45H27N3O2. The first kappa shape index (κ1) is 28.2. The van der Waals surface area contributed by atoms with Crippen molar-refractivity contribution in [3.05, 3.63) is 164 Å². The number of nitrogens with zero attached hydrogens (tertiary/aromatic N) is 3. The van der Waals surface area contributed by atoms with E-state index in [1.165, 1.54) is 0 Å². The average molecular weight is 642 g/mol. The van der Waals surface area contributed by atoms with E-state index in [0.717, 1.165) is 82.8 Å². The van der Waals surface area contributed by atoms with Crippen molar-refractivity contribution in [3.63, 3.8) is 0 Å². The second-order valence-corrected chi connectivity index (χ2v) is 12.4. The molecule has 0 aliphatic carbocycles. The molecule has 10 aromatic rings. The third kappa shape index (κ3) is 4.60. The second-order valence-electron chi connectivity index (χ2n) is 12.4. The van der Waals surface area contributed by atoms with Crippen LogP contribution in [0.4, 0.5) is 0 Å². The Balaban J connectivity index is 1.17. The zero-order valence-corrected chi connectivity index (χ0v) is 26.7. The molecule has 0 unspecified atom stereocenters. The van der Waals surface area contributed by atoms with Crippen LogP contribution in [-0.2, 0) is 0 Å². The van der Waals surface area contributed by atoms with Crippen molar-refractivity contribution in [1.29, 1.82) is 0 Å². The Hall–Kier alpha value is -6.85. The van der Waals surface area contributed by atoms with E-state index in [9.17, 15) is 0 Å². The molecule has 0 N–H and O–H groups in total. The highest BCUT2D eigenvalue weighted by Crippen LogP contribution is 2.43. The van der Waals surface area contributed by atoms with Gasteiger partial charge in [0.05, 0.1) is 0 Å². The van der Waals surface area contributed by atoms with Gasteiger partial charge in [-0.15, -0.1) is 0 Å². The van der Waals surface area contributed by atoms with Crippen LogP contribution in [-0.4, -0.2) is 15.0 Å². The lowest BCUT2D eigenvalue weighted by Gasteiger charge is -2.10. The Labute approximate surface area is 287 Å². The van der Waals surface area contributed by atoms with Gasteiger partial charge in [0.15, 0.2) is 17.5 Å². The summed E-state index contributed by atoms with van der Waals surface area (Å²) in [5, 5.41) is 4.11. The largest absolute Gasteiger partial charge is 0.456 e. The molecule has 50 heavy (non-hydrogen) atoms. The topological polar surface area (TPSA) is 65.0 Å². The highest BCUT2D eigenvalue weighted by atomic mass is 16.3. The van der Waals surface area contributed by atoms with Crippen LogP contribution in [0.1, 0.15) is 0 Å². The van der Waals surface area contributed by atoms with E-state index in [1.54, 1.807) is 0 Å². The van der Waals surface area contributed by atoms with E-state index in [2.05, 4.69) is 84.9 Å². The fraction of sp³-hybridized carbons (Fsp3) is 0. The summed E-state index contributed by atoms with van der Waals surface area (Å²) in [6.45, 7) is 0. The summed E-state index contributed by atoms with van der Waals surface area (Å²) in [5.41, 5.74) is 10.4. The maximum atomic E-state index is 6.72. The van der Waals surface area contributed by atoms with Gasteiger partial charge < -0.3 is 8.83 Å². The summed E-state index contributed by atoms with van der Waals surface area (Å²) in [5.74, 6) is 1.81. The summed E-state index contributed by atoms with van der Waals surface area (Å²) in [4.78, 5) is 15.2. The molecule has 5 heteroatoms. The van der Waals surface area contributed by atoms with E-state index < -0.39 is 0 Å². The van der Waals surface area contributed by atoms with Crippen LogP contribution in [0.25, 0.3) is 100 Å². The first-order chi connectivity index (χ1) is 24.8. The second kappa shape index (κ2) is 11.4. The molecule has 0 bridgehead atoms. The van der Waals surface area contributed by atoms with Crippen molar-refractivity contribution in [3.8, 4) is 56.4 Å². The molecule has 0 radical (unpaired) electrons. The SMILES string of the molecule is c1ccc(-c2ccc(-c3nc(-c4ccccc4)nc(-c4cccc5oc6c(-c7cccc8oc9ccccc9c78)cccc6c45)n3)cc2)cc1. The molecule has 0 spiro atoms. The average Bonchev–Trinajstić information content (AvgIpc) is 3.77. The molecule has 3 heterocycles. The Morgan fingerprint density at radius 3 is 1.54 bits per heavy atom. The van der Waals surface area contributed by atoms with Crippen molar-refractivity contribution < 1.29 is 8.83 Å². The Kier molecular flexibility index (Phi) is 6.42. The van der Waals surface area contributed by atoms with Gasteiger partial charge in [-0.1, -0.05) is 146 Å². The minimum Gasteiger partial charge on any atom is -0.456 e. The number of para-hydroxylation sites is 2. The van der Waals surface area contributed by atoms with Gasteiger partial charge in [0, 0.05) is 43.8 Å². The van der Waals surface area contributed by atoms with Gasteiger partial charge in [-0.25, -0.2) is 15.0 Å². The number of fused-ring (bicyclic) bond motifs is 6. The molecule has 0 amide bonds. The Morgan fingerprint density at radius 1 is 0.300 bits per heavy atom. The zero-order chi connectivity index (χ0) is 33.0. The van der Waals surface area contributed by atoms with Crippen LogP contribution in [0.3, 0.4) is 0 Å². The predicted octanol–water partition coefficient (Wildman–Crippen LogP) is 12.0. The molecule has 10 rings (SSSR count). The summed E-state index contributed by atoms with van der Waals surface area (Å²) in [6.07, 6.45) is 0. The minimum atomic E-state index is 0.586. The number of hydrogen-bond acceptors (Lipinski definition) is 5. The van der Waals surface area contributed by atoms with E-state index in [4.69, 9.17) is 23.8 Å². The quantitative estimate of drug-likeness (QED) is 0.187. The fourth-order valence-electron chi connectivity index (χ4n) is 7.03. The lowest BCUT2D eigenvalue weighted by molar-refractivity contribution is 0.668. The molecule has 234 valence electrons. The first-order valence-electron chi connectivity index (χ1n) is 16.6. The summed E-state index contributed by atoms with van der Waals surface area (Å²) in [7, 11) is 0. The molecule has 5 nitrogen and oxygen atoms in total. The molecule has 0 atom stereocenters. The maximum Gasteiger partial charge on any atom is 0.164 e. The van der Waals surface area contributed by atoms with Crippen molar-refractivity contribution in [2.75, 3.05) is 0 Å². The van der Waals surface area contributed by atoms with Crippen molar-refractivity contribution >= 4 is 43.9 Å². The van der Waals surface area contributed by atoms with Gasteiger partial charge in [0.1, 0.15) is 22.3 Å². The summed E-state index contributed by atoms with van der Waals surface area (Å²) >= 11 is 0. The number of rotatable bonds is 5. The fourth-order valence-corrected chi connectivity index (χ4v) is 7.03. The number of benzene rings is 7. The molecular weight excluding hydrogens is 615 g/mol. The lowest BCUT2D eigenvalue weighted by Crippen LogP contribution is -2.00. The molecule has 0 saturated carbocycles. The van der Waals surface area contributed by atoms with Gasteiger partial charge in [0.2, 0.25) is 0 Å². The lowest BCUT2D eigenvalue weighted by atomic mass is 9.97. The summed E-state index contributed by atoms with van der Waals surface area (Å²) < 4.78 is 13.0. The third-order valence-electron chi connectivity index (χ3n) is 9.37. The normalized spacial score (nSPS) is 11.6. The standard InChI is InChI=1S/C45H27N3O2/c1-3-12-28(13-4-1)29-24-26-31(27-25-29)44-46-43(30-14-5-2-6-15-30)47-45(48-44)36-20-11-23-39-41(36)35-19-9-18-33(42(35)50-39)32-17-10-22-38-40(32)34-16-7-8-21-37(34)49-38/h1-27H. The predicted molar refractivity (Wildman–Crippen MR) is 202 cm³/mol. The number of hydrogen-bond donors (Lipinski definition) is 0. The van der Waals surface area contributed by atoms with Crippen LogP contribution in [0.5, 0.6) is 0 Å². The van der Waals surface area contributed by atoms with E-state index >= 15 is 0 Å². The van der Waals surface area contributed by atoms with Crippen molar-refractivity contribution in [2.24, 2.45) is 0 Å². The minimum absolute atomic E-state index is 0.586. The highest BCUT2D eigenvalue weighted by molar-refractivity contribution is 6.19. The van der Waals surface area contributed by atoms with Crippen molar-refractivity contribution in [2.45, 2.75) is 0 Å². The molecule has 0 aliphatic rings. The maximum absolute atomic E-state index is 6.72. The number of furan rings is 2. The van der Waals surface area contributed by atoms with Gasteiger partial charge in [-0.3, -0.25) is 0 Å². The van der Waals surface area contributed by atoms with Crippen LogP contribution in [0, 0.1) is 0 Å². The van der Waals surface area contributed by atoms with E-state index in [-0.39, 0.29) is 0 Å². The van der Waals surface area contributed by atoms with E-state index in [0.29, 0.717) is 17.5 Å². The number of aromatic nitrogens is 3. The smallest absolute Gasteiger partial charge is 0.164 e. The van der Waals surface area contributed by atoms with Gasteiger partial charge in [0.25, 0.3) is 0 Å². The Morgan fingerprint density at radius 2 is 0.780 bits per heavy atom.